The molecule has 23 heavy (non-hydrogen) atoms. The lowest BCUT2D eigenvalue weighted by atomic mass is 10.1. The minimum atomic E-state index is -0.336. The second-order valence-corrected chi connectivity index (χ2v) is 5.17. The van der Waals surface area contributed by atoms with Gasteiger partial charge in [0, 0.05) is 43.0 Å². The Morgan fingerprint density at radius 1 is 1.17 bits per heavy atom. The molecular formula is C17H16N4O2. The standard InChI is InChI=1S/C17H16N4O2/c1-21-11-15(13-6-2-3-7-14(13)16(21)22)20-17(23)19-10-12-5-4-8-18-9-12/h2-9,11H,10H2,1H3,(H2,19,20,23). The number of hydrogen-bond acceptors (Lipinski definition) is 3. The molecule has 0 aliphatic carbocycles. The van der Waals surface area contributed by atoms with E-state index in [4.69, 9.17) is 0 Å². The molecule has 1 aromatic carbocycles. The van der Waals surface area contributed by atoms with E-state index in [9.17, 15) is 9.59 Å². The van der Waals surface area contributed by atoms with Crippen LogP contribution in [0.4, 0.5) is 10.5 Å². The number of nitrogens with zero attached hydrogens (tertiary/aromatic N) is 2. The summed E-state index contributed by atoms with van der Waals surface area (Å²) in [5.41, 5.74) is 1.40. The molecular weight excluding hydrogens is 292 g/mol. The van der Waals surface area contributed by atoms with Crippen LogP contribution in [0, 0.1) is 0 Å². The number of urea groups is 1. The van der Waals surface area contributed by atoms with Crippen molar-refractivity contribution in [2.75, 3.05) is 5.32 Å². The number of fused-ring (bicyclic) bond motifs is 1. The molecule has 0 atom stereocenters. The monoisotopic (exact) mass is 308 g/mol. The maximum absolute atomic E-state index is 12.1. The van der Waals surface area contributed by atoms with Crippen LogP contribution in [0.15, 0.2) is 59.8 Å². The van der Waals surface area contributed by atoms with Gasteiger partial charge in [-0.1, -0.05) is 24.3 Å². The minimum absolute atomic E-state index is 0.0954. The van der Waals surface area contributed by atoms with Gasteiger partial charge in [0.2, 0.25) is 0 Å². The van der Waals surface area contributed by atoms with Gasteiger partial charge in [-0.2, -0.15) is 0 Å². The Balaban J connectivity index is 1.80. The molecule has 116 valence electrons. The molecule has 0 saturated carbocycles. The highest BCUT2D eigenvalue weighted by Gasteiger charge is 2.09. The summed E-state index contributed by atoms with van der Waals surface area (Å²) in [6.45, 7) is 0.378. The van der Waals surface area contributed by atoms with Crippen LogP contribution < -0.4 is 16.2 Å². The van der Waals surface area contributed by atoms with Crippen molar-refractivity contribution in [2.45, 2.75) is 6.54 Å². The fourth-order valence-corrected chi connectivity index (χ4v) is 2.37. The summed E-state index contributed by atoms with van der Waals surface area (Å²) >= 11 is 0. The van der Waals surface area contributed by atoms with Crippen LogP contribution in [0.5, 0.6) is 0 Å². The number of aromatic nitrogens is 2. The van der Waals surface area contributed by atoms with Crippen LogP contribution in [-0.2, 0) is 13.6 Å². The summed E-state index contributed by atoms with van der Waals surface area (Å²) in [4.78, 5) is 28.2. The fourth-order valence-electron chi connectivity index (χ4n) is 2.37. The molecule has 2 amide bonds. The zero-order valence-electron chi connectivity index (χ0n) is 12.6. The Bertz CT molecular complexity index is 903. The molecule has 3 rings (SSSR count). The normalized spacial score (nSPS) is 10.5. The SMILES string of the molecule is Cn1cc(NC(=O)NCc2cccnc2)c2ccccc2c1=O. The number of anilines is 1. The van der Waals surface area contributed by atoms with Crippen molar-refractivity contribution in [1.82, 2.24) is 14.9 Å². The van der Waals surface area contributed by atoms with Gasteiger partial charge in [0.1, 0.15) is 0 Å². The average Bonchev–Trinajstić information content (AvgIpc) is 2.58. The van der Waals surface area contributed by atoms with Gasteiger partial charge in [0.05, 0.1) is 5.69 Å². The topological polar surface area (TPSA) is 76.0 Å². The van der Waals surface area contributed by atoms with Crippen LogP contribution in [-0.4, -0.2) is 15.6 Å². The lowest BCUT2D eigenvalue weighted by Crippen LogP contribution is -2.29. The van der Waals surface area contributed by atoms with Crippen LogP contribution >= 0.6 is 0 Å². The summed E-state index contributed by atoms with van der Waals surface area (Å²) in [6.07, 6.45) is 5.00. The molecule has 0 aliphatic rings. The molecule has 2 N–H and O–H groups in total. The van der Waals surface area contributed by atoms with E-state index in [1.807, 2.05) is 24.3 Å². The van der Waals surface area contributed by atoms with Crippen molar-refractivity contribution in [2.24, 2.45) is 7.05 Å². The van der Waals surface area contributed by atoms with E-state index in [0.717, 1.165) is 5.56 Å². The van der Waals surface area contributed by atoms with E-state index < -0.39 is 0 Å². The van der Waals surface area contributed by atoms with E-state index >= 15 is 0 Å². The molecule has 0 aliphatic heterocycles. The van der Waals surface area contributed by atoms with Crippen LogP contribution in [0.3, 0.4) is 0 Å². The second kappa shape index (κ2) is 6.31. The van der Waals surface area contributed by atoms with Gasteiger partial charge < -0.3 is 15.2 Å². The minimum Gasteiger partial charge on any atom is -0.334 e. The third-order valence-corrected chi connectivity index (χ3v) is 3.51. The van der Waals surface area contributed by atoms with Crippen molar-refractivity contribution in [3.05, 3.63) is 70.9 Å². The third kappa shape index (κ3) is 3.21. The molecule has 3 aromatic rings. The Labute approximate surface area is 132 Å². The van der Waals surface area contributed by atoms with Crippen molar-refractivity contribution in [3.63, 3.8) is 0 Å². The number of rotatable bonds is 3. The first-order chi connectivity index (χ1) is 11.1. The van der Waals surface area contributed by atoms with E-state index in [0.29, 0.717) is 23.0 Å². The Hall–Kier alpha value is -3.15. The van der Waals surface area contributed by atoms with Gasteiger partial charge in [-0.3, -0.25) is 9.78 Å². The Morgan fingerprint density at radius 2 is 1.96 bits per heavy atom. The lowest BCUT2D eigenvalue weighted by Gasteiger charge is -2.11. The zero-order chi connectivity index (χ0) is 16.2. The fraction of sp³-hybridized carbons (Fsp3) is 0.118. The summed E-state index contributed by atoms with van der Waals surface area (Å²) in [7, 11) is 1.66. The summed E-state index contributed by atoms with van der Waals surface area (Å²) in [6, 6.07) is 10.6. The van der Waals surface area contributed by atoms with Gasteiger partial charge in [-0.05, 0) is 17.7 Å². The molecule has 0 fully saturated rings. The Morgan fingerprint density at radius 3 is 2.70 bits per heavy atom. The average molecular weight is 308 g/mol. The highest BCUT2D eigenvalue weighted by Crippen LogP contribution is 2.19. The maximum atomic E-state index is 12.1. The highest BCUT2D eigenvalue weighted by molar-refractivity contribution is 6.00. The van der Waals surface area contributed by atoms with Crippen molar-refractivity contribution >= 4 is 22.5 Å². The third-order valence-electron chi connectivity index (χ3n) is 3.51. The first kappa shape index (κ1) is 14.8. The molecule has 2 heterocycles. The number of pyridine rings is 2. The first-order valence-corrected chi connectivity index (χ1v) is 7.17. The largest absolute Gasteiger partial charge is 0.334 e. The number of benzene rings is 1. The number of aryl methyl sites for hydroxylation is 1. The Kier molecular flexibility index (Phi) is 4.05. The molecule has 0 unspecified atom stereocenters. The van der Waals surface area contributed by atoms with Gasteiger partial charge in [0.25, 0.3) is 5.56 Å². The van der Waals surface area contributed by atoms with Crippen LogP contribution in [0.2, 0.25) is 0 Å². The number of amides is 2. The number of carbonyl (C=O) groups excluding carboxylic acids is 1. The predicted molar refractivity (Wildman–Crippen MR) is 89.3 cm³/mol. The summed E-state index contributed by atoms with van der Waals surface area (Å²) in [5.74, 6) is 0. The summed E-state index contributed by atoms with van der Waals surface area (Å²) in [5, 5.41) is 6.85. The van der Waals surface area contributed by atoms with Crippen molar-refractivity contribution in [3.8, 4) is 0 Å². The van der Waals surface area contributed by atoms with E-state index in [1.165, 1.54) is 4.57 Å². The molecule has 6 heteroatoms. The van der Waals surface area contributed by atoms with Gasteiger partial charge >= 0.3 is 6.03 Å². The molecule has 0 spiro atoms. The second-order valence-electron chi connectivity index (χ2n) is 5.17. The highest BCUT2D eigenvalue weighted by atomic mass is 16.2. The van der Waals surface area contributed by atoms with Crippen LogP contribution in [0.25, 0.3) is 10.8 Å². The molecule has 6 nitrogen and oxygen atoms in total. The molecule has 0 saturated heterocycles. The van der Waals surface area contributed by atoms with Gasteiger partial charge in [-0.25, -0.2) is 4.79 Å². The van der Waals surface area contributed by atoms with Crippen molar-refractivity contribution in [1.29, 1.82) is 0 Å². The molecule has 0 bridgehead atoms. The number of nitrogens with one attached hydrogen (secondary N) is 2. The molecule has 0 radical (unpaired) electrons. The van der Waals surface area contributed by atoms with Crippen LogP contribution in [0.1, 0.15) is 5.56 Å². The predicted octanol–water partition coefficient (Wildman–Crippen LogP) is 2.26. The van der Waals surface area contributed by atoms with Gasteiger partial charge in [0.15, 0.2) is 0 Å². The van der Waals surface area contributed by atoms with Crippen molar-refractivity contribution < 1.29 is 4.79 Å². The zero-order valence-corrected chi connectivity index (χ0v) is 12.6. The summed E-state index contributed by atoms with van der Waals surface area (Å²) < 4.78 is 1.46. The quantitative estimate of drug-likeness (QED) is 0.779. The number of hydrogen-bond donors (Lipinski definition) is 2. The first-order valence-electron chi connectivity index (χ1n) is 7.17. The maximum Gasteiger partial charge on any atom is 0.319 e. The van der Waals surface area contributed by atoms with Gasteiger partial charge in [-0.15, -0.1) is 0 Å². The van der Waals surface area contributed by atoms with E-state index in [-0.39, 0.29) is 11.6 Å². The van der Waals surface area contributed by atoms with E-state index in [2.05, 4.69) is 15.6 Å². The smallest absolute Gasteiger partial charge is 0.319 e. The lowest BCUT2D eigenvalue weighted by molar-refractivity contribution is 0.251. The number of carbonyl (C=O) groups is 1. The van der Waals surface area contributed by atoms with E-state index in [1.54, 1.807) is 37.8 Å². The molecule has 2 aromatic heterocycles.